The zero-order valence-electron chi connectivity index (χ0n) is 12.2. The molecule has 0 radical (unpaired) electrons. The fourth-order valence-corrected chi connectivity index (χ4v) is 1.86. The van der Waals surface area contributed by atoms with E-state index < -0.39 is 0 Å². The van der Waals surface area contributed by atoms with Crippen LogP contribution >= 0.6 is 0 Å². The first-order valence-electron chi connectivity index (χ1n) is 7.07. The Labute approximate surface area is 112 Å². The summed E-state index contributed by atoms with van der Waals surface area (Å²) < 4.78 is 9.71. The summed E-state index contributed by atoms with van der Waals surface area (Å²) in [5.74, 6) is 0.374. The van der Waals surface area contributed by atoms with Gasteiger partial charge < -0.3 is 9.47 Å². The minimum absolute atomic E-state index is 0.341. The fraction of sp³-hybridized carbons (Fsp3) is 0.800. The zero-order chi connectivity index (χ0) is 13.6. The molecule has 0 fully saturated rings. The topological polar surface area (TPSA) is 35.5 Å². The predicted octanol–water partition coefficient (Wildman–Crippen LogP) is 4.22. The second-order valence-corrected chi connectivity index (χ2v) is 4.56. The van der Waals surface area contributed by atoms with Crippen molar-refractivity contribution in [2.24, 2.45) is 0 Å². The van der Waals surface area contributed by atoms with Crippen LogP contribution < -0.4 is 0 Å². The van der Waals surface area contributed by atoms with Crippen molar-refractivity contribution in [3.63, 3.8) is 0 Å². The SMILES string of the molecule is CCCCCCCCCC/C(=C/C(=O)OC)OC. The molecule has 0 spiro atoms. The van der Waals surface area contributed by atoms with Crippen molar-refractivity contribution < 1.29 is 14.3 Å². The molecule has 0 heterocycles. The van der Waals surface area contributed by atoms with E-state index in [1.54, 1.807) is 7.11 Å². The summed E-state index contributed by atoms with van der Waals surface area (Å²) in [6.07, 6.45) is 12.5. The minimum Gasteiger partial charge on any atom is -0.501 e. The molecule has 0 aliphatic heterocycles. The summed E-state index contributed by atoms with van der Waals surface area (Å²) in [7, 11) is 2.97. The molecule has 106 valence electrons. The Balaban J connectivity index is 3.51. The van der Waals surface area contributed by atoms with Gasteiger partial charge in [-0.3, -0.25) is 0 Å². The number of ether oxygens (including phenoxy) is 2. The van der Waals surface area contributed by atoms with Gasteiger partial charge in [-0.15, -0.1) is 0 Å². The maximum atomic E-state index is 11.0. The number of carbonyl (C=O) groups is 1. The summed E-state index contributed by atoms with van der Waals surface area (Å²) in [6, 6.07) is 0. The van der Waals surface area contributed by atoms with Crippen LogP contribution in [0.5, 0.6) is 0 Å². The summed E-state index contributed by atoms with van der Waals surface area (Å²) in [5, 5.41) is 0. The third-order valence-electron chi connectivity index (χ3n) is 3.02. The average molecular weight is 256 g/mol. The Bertz CT molecular complexity index is 234. The molecule has 0 aromatic carbocycles. The highest BCUT2D eigenvalue weighted by Gasteiger charge is 2.01. The van der Waals surface area contributed by atoms with Gasteiger partial charge in [0.15, 0.2) is 0 Å². The normalized spacial score (nSPS) is 11.4. The largest absolute Gasteiger partial charge is 0.501 e. The average Bonchev–Trinajstić information content (AvgIpc) is 2.40. The molecule has 0 aliphatic rings. The van der Waals surface area contributed by atoms with Gasteiger partial charge in [0.25, 0.3) is 0 Å². The quantitative estimate of drug-likeness (QED) is 0.240. The van der Waals surface area contributed by atoms with Gasteiger partial charge in [-0.1, -0.05) is 51.9 Å². The molecule has 0 aromatic rings. The standard InChI is InChI=1S/C15H28O3/c1-4-5-6-7-8-9-10-11-12-14(17-2)13-15(16)18-3/h13H,4-12H2,1-3H3/b14-13-. The van der Waals surface area contributed by atoms with Crippen LogP contribution in [0.3, 0.4) is 0 Å². The van der Waals surface area contributed by atoms with Gasteiger partial charge in [0.2, 0.25) is 0 Å². The molecule has 0 saturated heterocycles. The van der Waals surface area contributed by atoms with Gasteiger partial charge in [-0.2, -0.15) is 0 Å². The third kappa shape index (κ3) is 10.2. The van der Waals surface area contributed by atoms with Crippen LogP contribution in [0.2, 0.25) is 0 Å². The van der Waals surface area contributed by atoms with E-state index in [1.165, 1.54) is 58.1 Å². The minimum atomic E-state index is -0.341. The van der Waals surface area contributed by atoms with Crippen molar-refractivity contribution in [2.45, 2.75) is 64.7 Å². The van der Waals surface area contributed by atoms with Crippen LogP contribution in [-0.2, 0) is 14.3 Å². The van der Waals surface area contributed by atoms with Gasteiger partial charge in [0, 0.05) is 6.42 Å². The van der Waals surface area contributed by atoms with Gasteiger partial charge in [-0.25, -0.2) is 4.79 Å². The molecular weight excluding hydrogens is 228 g/mol. The molecule has 0 rings (SSSR count). The summed E-state index contributed by atoms with van der Waals surface area (Å²) in [6.45, 7) is 2.24. The van der Waals surface area contributed by atoms with Crippen molar-refractivity contribution >= 4 is 5.97 Å². The van der Waals surface area contributed by atoms with Crippen molar-refractivity contribution in [1.29, 1.82) is 0 Å². The number of allylic oxidation sites excluding steroid dienone is 1. The molecule has 0 atom stereocenters. The smallest absolute Gasteiger partial charge is 0.333 e. The second kappa shape index (κ2) is 12.5. The molecule has 3 nitrogen and oxygen atoms in total. The highest BCUT2D eigenvalue weighted by atomic mass is 16.5. The maximum Gasteiger partial charge on any atom is 0.333 e. The second-order valence-electron chi connectivity index (χ2n) is 4.56. The van der Waals surface area contributed by atoms with Gasteiger partial charge in [0.1, 0.15) is 5.76 Å². The van der Waals surface area contributed by atoms with Gasteiger partial charge >= 0.3 is 5.97 Å². The summed E-state index contributed by atoms with van der Waals surface area (Å²) in [4.78, 5) is 11.0. The van der Waals surface area contributed by atoms with E-state index >= 15 is 0 Å². The maximum absolute atomic E-state index is 11.0. The number of unbranched alkanes of at least 4 members (excludes halogenated alkanes) is 7. The van der Waals surface area contributed by atoms with Gasteiger partial charge in [-0.05, 0) is 6.42 Å². The van der Waals surface area contributed by atoms with Crippen molar-refractivity contribution in [1.82, 2.24) is 0 Å². The number of hydrogen-bond acceptors (Lipinski definition) is 3. The molecule has 0 N–H and O–H groups in total. The van der Waals surface area contributed by atoms with Crippen LogP contribution in [0.4, 0.5) is 0 Å². The van der Waals surface area contributed by atoms with Crippen LogP contribution in [0.1, 0.15) is 64.7 Å². The Hall–Kier alpha value is -0.990. The number of carbonyl (C=O) groups excluding carboxylic acids is 1. The lowest BCUT2D eigenvalue weighted by atomic mass is 10.1. The van der Waals surface area contributed by atoms with Crippen LogP contribution in [0, 0.1) is 0 Å². The number of esters is 1. The molecule has 0 amide bonds. The lowest BCUT2D eigenvalue weighted by Gasteiger charge is -2.05. The predicted molar refractivity (Wildman–Crippen MR) is 74.3 cm³/mol. The van der Waals surface area contributed by atoms with Crippen LogP contribution in [0.25, 0.3) is 0 Å². The summed E-state index contributed by atoms with van der Waals surface area (Å²) in [5.41, 5.74) is 0. The molecule has 0 saturated carbocycles. The van der Waals surface area contributed by atoms with E-state index in [-0.39, 0.29) is 5.97 Å². The van der Waals surface area contributed by atoms with E-state index in [4.69, 9.17) is 4.74 Å². The van der Waals surface area contributed by atoms with E-state index in [0.717, 1.165) is 12.8 Å². The molecule has 3 heteroatoms. The summed E-state index contributed by atoms with van der Waals surface area (Å²) >= 11 is 0. The lowest BCUT2D eigenvalue weighted by Crippen LogP contribution is -1.98. The van der Waals surface area contributed by atoms with Crippen LogP contribution in [0.15, 0.2) is 11.8 Å². The van der Waals surface area contributed by atoms with E-state index in [9.17, 15) is 4.79 Å². The van der Waals surface area contributed by atoms with Crippen LogP contribution in [-0.4, -0.2) is 20.2 Å². The molecular formula is C15H28O3. The first-order valence-corrected chi connectivity index (χ1v) is 7.07. The lowest BCUT2D eigenvalue weighted by molar-refractivity contribution is -0.135. The molecule has 0 aliphatic carbocycles. The molecule has 0 bridgehead atoms. The van der Waals surface area contributed by atoms with E-state index in [2.05, 4.69) is 11.7 Å². The Morgan fingerprint density at radius 1 is 0.889 bits per heavy atom. The first kappa shape index (κ1) is 17.0. The van der Waals surface area contributed by atoms with Crippen molar-refractivity contribution in [3.8, 4) is 0 Å². The Kier molecular flexibility index (Phi) is 11.8. The molecule has 0 unspecified atom stereocenters. The molecule has 0 aromatic heterocycles. The first-order chi connectivity index (χ1) is 8.74. The Morgan fingerprint density at radius 2 is 1.44 bits per heavy atom. The Morgan fingerprint density at radius 3 is 1.94 bits per heavy atom. The number of rotatable bonds is 11. The van der Waals surface area contributed by atoms with Crippen molar-refractivity contribution in [3.05, 3.63) is 11.8 Å². The van der Waals surface area contributed by atoms with Gasteiger partial charge in [0.05, 0.1) is 20.3 Å². The highest BCUT2D eigenvalue weighted by molar-refractivity contribution is 5.82. The molecule has 18 heavy (non-hydrogen) atoms. The fourth-order valence-electron chi connectivity index (χ4n) is 1.86. The zero-order valence-corrected chi connectivity index (χ0v) is 12.2. The van der Waals surface area contributed by atoms with E-state index in [0.29, 0.717) is 5.76 Å². The monoisotopic (exact) mass is 256 g/mol. The highest BCUT2D eigenvalue weighted by Crippen LogP contribution is 2.13. The van der Waals surface area contributed by atoms with Crippen molar-refractivity contribution in [2.75, 3.05) is 14.2 Å². The number of methoxy groups -OCH3 is 2. The number of hydrogen-bond donors (Lipinski definition) is 0. The third-order valence-corrected chi connectivity index (χ3v) is 3.02. The van der Waals surface area contributed by atoms with E-state index in [1.807, 2.05) is 0 Å².